The molecule has 0 fully saturated rings. The van der Waals surface area contributed by atoms with Crippen molar-refractivity contribution in [1.29, 1.82) is 0 Å². The molecule has 0 atom stereocenters. The molecule has 6 heteroatoms. The van der Waals surface area contributed by atoms with Crippen molar-refractivity contribution < 1.29 is 9.13 Å². The van der Waals surface area contributed by atoms with Gasteiger partial charge in [0.1, 0.15) is 24.1 Å². The molecule has 0 saturated carbocycles. The molecule has 0 aliphatic heterocycles. The highest BCUT2D eigenvalue weighted by Gasteiger charge is 2.07. The predicted molar refractivity (Wildman–Crippen MR) is 76.7 cm³/mol. The van der Waals surface area contributed by atoms with Gasteiger partial charge in [-0.3, -0.25) is 0 Å². The van der Waals surface area contributed by atoms with E-state index in [1.165, 1.54) is 6.07 Å². The van der Waals surface area contributed by atoms with Crippen molar-refractivity contribution in [2.24, 2.45) is 0 Å². The van der Waals surface area contributed by atoms with Crippen molar-refractivity contribution in [2.45, 2.75) is 13.5 Å². The van der Waals surface area contributed by atoms with Crippen LogP contribution in [0.25, 0.3) is 0 Å². The van der Waals surface area contributed by atoms with Crippen LogP contribution in [-0.4, -0.2) is 24.1 Å². The number of halogens is 1. The van der Waals surface area contributed by atoms with Gasteiger partial charge in [0.2, 0.25) is 0 Å². The lowest BCUT2D eigenvalue weighted by Gasteiger charge is -2.10. The Balaban J connectivity index is 2.32. The van der Waals surface area contributed by atoms with Crippen LogP contribution in [0, 0.1) is 12.7 Å². The van der Waals surface area contributed by atoms with Crippen molar-refractivity contribution in [2.75, 3.05) is 24.8 Å². The van der Waals surface area contributed by atoms with Crippen LogP contribution in [0.15, 0.2) is 24.3 Å². The number of methoxy groups -OCH3 is 1. The molecule has 0 amide bonds. The Morgan fingerprint density at radius 2 is 1.95 bits per heavy atom. The van der Waals surface area contributed by atoms with Crippen LogP contribution in [0.2, 0.25) is 0 Å². The summed E-state index contributed by atoms with van der Waals surface area (Å²) in [5.41, 5.74) is 1.35. The number of nitrogens with zero attached hydrogens (tertiary/aromatic N) is 2. The van der Waals surface area contributed by atoms with E-state index in [2.05, 4.69) is 20.6 Å². The lowest BCUT2D eigenvalue weighted by Crippen LogP contribution is -2.05. The van der Waals surface area contributed by atoms with Gasteiger partial charge in [0.15, 0.2) is 5.82 Å². The molecule has 0 unspecified atom stereocenters. The second-order valence-corrected chi connectivity index (χ2v) is 4.35. The van der Waals surface area contributed by atoms with Crippen molar-refractivity contribution in [3.8, 4) is 0 Å². The van der Waals surface area contributed by atoms with Crippen LogP contribution in [0.3, 0.4) is 0 Å². The molecule has 1 aromatic heterocycles. The third kappa shape index (κ3) is 3.42. The molecule has 1 aromatic carbocycles. The number of hydrogen-bond acceptors (Lipinski definition) is 5. The fraction of sp³-hybridized carbons (Fsp3) is 0.286. The van der Waals surface area contributed by atoms with Crippen LogP contribution in [0.4, 0.5) is 21.7 Å². The first-order chi connectivity index (χ1) is 9.62. The zero-order valence-corrected chi connectivity index (χ0v) is 11.7. The Bertz CT molecular complexity index is 604. The van der Waals surface area contributed by atoms with E-state index >= 15 is 0 Å². The second kappa shape index (κ2) is 6.29. The molecule has 2 rings (SSSR count). The highest BCUT2D eigenvalue weighted by atomic mass is 19.1. The topological polar surface area (TPSA) is 59.1 Å². The van der Waals surface area contributed by atoms with E-state index in [4.69, 9.17) is 4.74 Å². The van der Waals surface area contributed by atoms with Crippen molar-refractivity contribution in [3.63, 3.8) is 0 Å². The Morgan fingerprint density at radius 3 is 2.65 bits per heavy atom. The van der Waals surface area contributed by atoms with Gasteiger partial charge in [0, 0.05) is 20.2 Å². The molecule has 2 N–H and O–H groups in total. The van der Waals surface area contributed by atoms with E-state index in [0.29, 0.717) is 29.8 Å². The first-order valence-corrected chi connectivity index (χ1v) is 6.20. The first-order valence-electron chi connectivity index (χ1n) is 6.20. The fourth-order valence-corrected chi connectivity index (χ4v) is 1.76. The molecule has 20 heavy (non-hydrogen) atoms. The van der Waals surface area contributed by atoms with Crippen molar-refractivity contribution in [1.82, 2.24) is 9.97 Å². The highest BCUT2D eigenvalue weighted by Crippen LogP contribution is 2.21. The van der Waals surface area contributed by atoms with E-state index in [1.807, 2.05) is 6.92 Å². The van der Waals surface area contributed by atoms with Gasteiger partial charge in [-0.1, -0.05) is 6.07 Å². The fourth-order valence-electron chi connectivity index (χ4n) is 1.76. The van der Waals surface area contributed by atoms with Gasteiger partial charge >= 0.3 is 0 Å². The Kier molecular flexibility index (Phi) is 4.47. The number of anilines is 3. The van der Waals surface area contributed by atoms with Crippen molar-refractivity contribution >= 4 is 17.3 Å². The van der Waals surface area contributed by atoms with Gasteiger partial charge in [-0.2, -0.15) is 0 Å². The molecular formula is C14H17FN4O. The number of aryl methyl sites for hydroxylation is 1. The zero-order chi connectivity index (χ0) is 14.5. The van der Waals surface area contributed by atoms with Crippen LogP contribution in [0.5, 0.6) is 0 Å². The molecule has 5 nitrogen and oxygen atoms in total. The van der Waals surface area contributed by atoms with E-state index in [1.54, 1.807) is 32.4 Å². The van der Waals surface area contributed by atoms with Gasteiger partial charge in [0.25, 0.3) is 0 Å². The third-order valence-electron chi connectivity index (χ3n) is 2.69. The summed E-state index contributed by atoms with van der Waals surface area (Å²) in [4.78, 5) is 8.53. The van der Waals surface area contributed by atoms with Crippen LogP contribution >= 0.6 is 0 Å². The Labute approximate surface area is 117 Å². The monoisotopic (exact) mass is 276 g/mol. The molecule has 0 radical (unpaired) electrons. The SMILES string of the molecule is CNc1cc(Nc2cc(C)ccc2F)nc(COC)n1. The molecule has 106 valence electrons. The second-order valence-electron chi connectivity index (χ2n) is 4.35. The molecule has 1 heterocycles. The quantitative estimate of drug-likeness (QED) is 0.879. The molecule has 0 aliphatic carbocycles. The van der Waals surface area contributed by atoms with Gasteiger partial charge in [0.05, 0.1) is 5.69 Å². The number of aromatic nitrogens is 2. The minimum Gasteiger partial charge on any atom is -0.377 e. The van der Waals surface area contributed by atoms with E-state index < -0.39 is 0 Å². The number of ether oxygens (including phenoxy) is 1. The average molecular weight is 276 g/mol. The Morgan fingerprint density at radius 1 is 1.20 bits per heavy atom. The largest absolute Gasteiger partial charge is 0.377 e. The zero-order valence-electron chi connectivity index (χ0n) is 11.7. The van der Waals surface area contributed by atoms with Gasteiger partial charge < -0.3 is 15.4 Å². The van der Waals surface area contributed by atoms with Crippen LogP contribution < -0.4 is 10.6 Å². The Hall–Kier alpha value is -2.21. The maximum atomic E-state index is 13.7. The maximum Gasteiger partial charge on any atom is 0.158 e. The van der Waals surface area contributed by atoms with Gasteiger partial charge in [-0.25, -0.2) is 14.4 Å². The standard InChI is InChI=1S/C14H17FN4O/c1-9-4-5-10(15)11(6-9)17-13-7-12(16-2)18-14(19-13)8-20-3/h4-7H,8H2,1-3H3,(H2,16,17,18,19). The molecule has 0 saturated heterocycles. The normalized spacial score (nSPS) is 10.4. The first kappa shape index (κ1) is 14.2. The summed E-state index contributed by atoms with van der Waals surface area (Å²) in [6.45, 7) is 2.19. The minimum absolute atomic E-state index is 0.292. The van der Waals surface area contributed by atoms with Gasteiger partial charge in [-0.05, 0) is 24.6 Å². The van der Waals surface area contributed by atoms with Crippen LogP contribution in [-0.2, 0) is 11.3 Å². The summed E-state index contributed by atoms with van der Waals surface area (Å²) < 4.78 is 18.8. The smallest absolute Gasteiger partial charge is 0.158 e. The molecule has 2 aromatic rings. The third-order valence-corrected chi connectivity index (χ3v) is 2.69. The summed E-state index contributed by atoms with van der Waals surface area (Å²) in [7, 11) is 3.33. The average Bonchev–Trinajstić information content (AvgIpc) is 2.43. The molecule has 0 bridgehead atoms. The molecule has 0 aliphatic rings. The maximum absolute atomic E-state index is 13.7. The lowest BCUT2D eigenvalue weighted by molar-refractivity contribution is 0.178. The minimum atomic E-state index is -0.325. The number of hydrogen-bond donors (Lipinski definition) is 2. The molecule has 0 spiro atoms. The number of benzene rings is 1. The van der Waals surface area contributed by atoms with E-state index in [0.717, 1.165) is 5.56 Å². The van der Waals surface area contributed by atoms with E-state index in [9.17, 15) is 4.39 Å². The number of rotatable bonds is 5. The number of nitrogens with one attached hydrogen (secondary N) is 2. The summed E-state index contributed by atoms with van der Waals surface area (Å²) >= 11 is 0. The summed E-state index contributed by atoms with van der Waals surface area (Å²) in [6, 6.07) is 6.58. The summed E-state index contributed by atoms with van der Waals surface area (Å²) in [5.74, 6) is 1.35. The predicted octanol–water partition coefficient (Wildman–Crippen LogP) is 2.86. The summed E-state index contributed by atoms with van der Waals surface area (Å²) in [6.07, 6.45) is 0. The molecular weight excluding hydrogens is 259 g/mol. The van der Waals surface area contributed by atoms with Crippen LogP contribution in [0.1, 0.15) is 11.4 Å². The van der Waals surface area contributed by atoms with E-state index in [-0.39, 0.29) is 5.82 Å². The van der Waals surface area contributed by atoms with Crippen molar-refractivity contribution in [3.05, 3.63) is 41.5 Å². The highest BCUT2D eigenvalue weighted by molar-refractivity contribution is 5.60. The van der Waals surface area contributed by atoms with Gasteiger partial charge in [-0.15, -0.1) is 0 Å². The lowest BCUT2D eigenvalue weighted by atomic mass is 10.2. The summed E-state index contributed by atoms with van der Waals surface area (Å²) in [5, 5.41) is 5.90.